The number of piperidine rings is 3. The number of aliphatic hydroxyl groups is 2. The molecule has 3 radical (unpaired) electrons. The van der Waals surface area contributed by atoms with E-state index in [-0.39, 0.29) is 82.7 Å². The number of carbonyl (C=O) groups excluding carboxylic acids is 3. The maximum absolute atomic E-state index is 12.8. The van der Waals surface area contributed by atoms with Gasteiger partial charge in [-0.2, -0.15) is 0 Å². The van der Waals surface area contributed by atoms with Crippen LogP contribution in [0.25, 0.3) is 0 Å². The number of nitrogens with zero attached hydrogens (tertiary/aromatic N) is 6. The number of pyridine rings is 3. The molecule has 4 saturated heterocycles. The Kier molecular flexibility index (Phi) is 33.7. The molecule has 0 bridgehead atoms. The summed E-state index contributed by atoms with van der Waals surface area (Å²) in [6.07, 6.45) is 17.8. The number of aryl methyl sites for hydroxylation is 3. The Labute approximate surface area is 708 Å². The number of hydrogen-bond donors (Lipinski definition) is 5. The fourth-order valence-corrected chi connectivity index (χ4v) is 20.3. The van der Waals surface area contributed by atoms with E-state index in [0.717, 1.165) is 194 Å². The van der Waals surface area contributed by atoms with Crippen LogP contribution in [0.5, 0.6) is 0 Å². The molecule has 3 aliphatic carbocycles. The number of benzene rings is 3. The predicted octanol–water partition coefficient (Wildman–Crippen LogP) is 17.3. The van der Waals surface area contributed by atoms with Gasteiger partial charge in [0.15, 0.2) is 5.69 Å². The smallest absolute Gasteiger partial charge is 1.00 e. The van der Waals surface area contributed by atoms with Crippen LogP contribution < -0.4 is 49.9 Å². The number of nitrogens with one attached hydrogen (secondary N) is 2. The average Bonchev–Trinajstić information content (AvgIpc) is 1.59. The molecule has 7 fully saturated rings. The molecular formula is C81H106BCl6LiN9O9S3. The van der Waals surface area contributed by atoms with E-state index in [9.17, 15) is 24.6 Å². The number of alkyl carbamates (subject to hydrolysis) is 2. The minimum Gasteiger partial charge on any atom is -1.00 e. The molecule has 3 aromatic carbocycles. The van der Waals surface area contributed by atoms with E-state index in [1.165, 1.54) is 68.1 Å². The van der Waals surface area contributed by atoms with Crippen molar-refractivity contribution in [3.05, 3.63) is 137 Å². The number of halogens is 6. The normalized spacial score (nSPS) is 19.6. The van der Waals surface area contributed by atoms with Gasteiger partial charge >= 0.3 is 37.0 Å². The summed E-state index contributed by atoms with van der Waals surface area (Å²) in [7, 11) is 1.37. The first-order valence-electron chi connectivity index (χ1n) is 37.6. The van der Waals surface area contributed by atoms with E-state index >= 15 is 0 Å². The molecule has 110 heavy (non-hydrogen) atoms. The predicted molar refractivity (Wildman–Crippen MR) is 446 cm³/mol. The average molecular weight is 1680 g/mol. The van der Waals surface area contributed by atoms with E-state index in [1.54, 1.807) is 18.2 Å². The van der Waals surface area contributed by atoms with Gasteiger partial charge in [-0.15, -0.1) is 0 Å². The Morgan fingerprint density at radius 3 is 1.20 bits per heavy atom. The molecule has 3 atom stereocenters. The van der Waals surface area contributed by atoms with Gasteiger partial charge in [0.1, 0.15) is 26.3 Å². The van der Waals surface area contributed by atoms with Gasteiger partial charge in [-0.05, 0) is 240 Å². The zero-order chi connectivity index (χ0) is 77.9. The third kappa shape index (κ3) is 23.1. The molecule has 2 amide bonds. The molecule has 4 aliphatic heterocycles. The summed E-state index contributed by atoms with van der Waals surface area (Å²) >= 11 is 42.0. The van der Waals surface area contributed by atoms with Gasteiger partial charge in [-0.25, -0.2) is 29.3 Å². The van der Waals surface area contributed by atoms with Gasteiger partial charge in [-0.3, -0.25) is 0 Å². The number of anilines is 3. The van der Waals surface area contributed by atoms with Crippen molar-refractivity contribution >= 4 is 149 Å². The summed E-state index contributed by atoms with van der Waals surface area (Å²) in [6.45, 7) is 24.3. The van der Waals surface area contributed by atoms with E-state index < -0.39 is 17.2 Å². The number of methoxy groups -OCH3 is 1. The number of nitrogens with two attached hydrogens (primary N) is 1. The van der Waals surface area contributed by atoms with Crippen LogP contribution in [0.1, 0.15) is 191 Å². The molecule has 3 saturated carbocycles. The number of esters is 1. The number of ether oxygens (including phenoxy) is 4. The summed E-state index contributed by atoms with van der Waals surface area (Å²) < 4.78 is 21.1. The molecule has 7 heterocycles. The maximum atomic E-state index is 12.8. The Bertz CT molecular complexity index is 4140. The van der Waals surface area contributed by atoms with Crippen LogP contribution in [0.2, 0.25) is 30.1 Å². The van der Waals surface area contributed by atoms with Crippen LogP contribution in [-0.2, 0) is 32.2 Å². The third-order valence-corrected chi connectivity index (χ3v) is 28.2. The van der Waals surface area contributed by atoms with E-state index in [0.29, 0.717) is 58.0 Å². The van der Waals surface area contributed by atoms with Crippen LogP contribution >= 0.6 is 105 Å². The van der Waals surface area contributed by atoms with Crippen molar-refractivity contribution in [3.8, 4) is 0 Å². The number of hydrogen-bond acceptors (Lipinski definition) is 19. The number of amides is 2. The van der Waals surface area contributed by atoms with Crippen molar-refractivity contribution in [3.63, 3.8) is 0 Å². The molecular weight excluding hydrogens is 1570 g/mol. The van der Waals surface area contributed by atoms with Crippen molar-refractivity contribution in [1.82, 2.24) is 25.6 Å². The first-order chi connectivity index (χ1) is 51.4. The van der Waals surface area contributed by atoms with Crippen LogP contribution in [0.3, 0.4) is 0 Å². The zero-order valence-electron chi connectivity index (χ0n) is 66.3. The third-order valence-electron chi connectivity index (χ3n) is 21.9. The number of aliphatic hydroxyl groups excluding tert-OH is 2. The Morgan fingerprint density at radius 1 is 0.536 bits per heavy atom. The number of carbonyl (C=O) groups is 3. The Balaban J connectivity index is 0.000000222. The molecule has 18 nitrogen and oxygen atoms in total. The number of rotatable bonds is 14. The maximum Gasteiger partial charge on any atom is 1.00 e. The van der Waals surface area contributed by atoms with Crippen LogP contribution in [0, 0.1) is 37.0 Å². The van der Waals surface area contributed by atoms with Crippen molar-refractivity contribution in [2.24, 2.45) is 22.0 Å². The fraction of sp³-hybridized carbons (Fsp3) is 0.556. The SMILES string of the molecule is C1CCOC1.COC(=O)c1nc(Sc2cccc(Cl)c2Cl)c(C)cc1N1CCC2(CCC[C@H]2NC(=O)OC(C)(C)C)CC1.Cc1cc(N2CCC3(CCC[C@H]3N)CC2)c(CO)nc1Sc1cccc(Cl)c1Cl.Cc1cc(N2CCC3(CCC[C@H]3NC(=O)OC(C)(C)C)CC2)c(CO)nc1Sc1cccc(Cl)c1Cl.[B].[H-].[Li+]. The molecule has 6 aromatic rings. The topological polar surface area (TPSA) is 227 Å². The second kappa shape index (κ2) is 40.6. The Hall–Kier alpha value is -4.19. The van der Waals surface area contributed by atoms with Crippen molar-refractivity contribution in [2.75, 3.05) is 74.3 Å². The molecule has 29 heteroatoms. The summed E-state index contributed by atoms with van der Waals surface area (Å²) in [5, 5.41) is 31.8. The fourth-order valence-electron chi connectivity index (χ4n) is 16.1. The molecule has 593 valence electrons. The van der Waals surface area contributed by atoms with Crippen molar-refractivity contribution < 1.29 is 63.8 Å². The van der Waals surface area contributed by atoms with Gasteiger partial charge in [0.05, 0.1) is 78.9 Å². The van der Waals surface area contributed by atoms with Crippen molar-refractivity contribution in [1.29, 1.82) is 0 Å². The minimum absolute atomic E-state index is 0. The van der Waals surface area contributed by atoms with Crippen LogP contribution in [-0.4, -0.2) is 141 Å². The molecule has 0 unspecified atom stereocenters. The molecule has 13 rings (SSSR count). The van der Waals surface area contributed by atoms with Crippen LogP contribution in [0.15, 0.2) is 103 Å². The van der Waals surface area contributed by atoms with Gasteiger partial charge in [-0.1, -0.05) is 142 Å². The summed E-state index contributed by atoms with van der Waals surface area (Å²) in [5.41, 5.74) is 13.3. The van der Waals surface area contributed by atoms with Gasteiger partial charge in [0.25, 0.3) is 0 Å². The molecule has 3 spiro atoms. The van der Waals surface area contributed by atoms with Gasteiger partial charge < -0.3 is 61.7 Å². The standard InChI is InChI=1S/C28H35Cl2N3O4S.C27H35Cl2N3O3S.C22H27Cl2N3OS.C4H8O.B.Li.H/c1-17-16-19(23(25(34)36-5)32-24(17)38-20-9-6-8-18(29)22(20)30)33-14-12-28(13-15-33)11-7-10-21(28)31-26(35)37-27(2,3)4;1-17-15-20(19(16-33)30-24(17)36-21-8-5-7-18(28)23(21)29)32-13-11-27(12-14-32)10-6-9-22(27)31-25(34)35-26(2,3)4;1-14-12-17(27-10-8-22(9-11-27)7-3-6-19(22)25)16(13-28)26-21(14)29-18-5-2-4-15(23)20(18)24;1-2-4-5-3-1;;;/h6,8-9,16,21H,7,10-15H2,1-5H3,(H,31,35);5,7-8,15,22,33H,6,9-14,16H2,1-4H3,(H,31,34);2,4-5,12,19,28H,3,6-11,13,25H2,1H3;1-4H2;;;/q;;;;;+1;-1/t21-;22-;19-;;;;/m111..../s1. The summed E-state index contributed by atoms with van der Waals surface area (Å²) in [6, 6.07) is 23.4. The molecule has 6 N–H and O–H groups in total. The zero-order valence-corrected chi connectivity index (χ0v) is 72.3. The largest absolute Gasteiger partial charge is 1.00 e. The minimum atomic E-state index is -0.531. The second-order valence-corrected chi connectivity index (χ2v) is 36.9. The van der Waals surface area contributed by atoms with E-state index in [2.05, 4.69) is 44.4 Å². The van der Waals surface area contributed by atoms with E-state index in [4.69, 9.17) is 109 Å². The quantitative estimate of drug-likeness (QED) is 0.0388. The van der Waals surface area contributed by atoms with Gasteiger partial charge in [0.2, 0.25) is 0 Å². The number of aromatic nitrogens is 3. The van der Waals surface area contributed by atoms with Crippen molar-refractivity contribution in [2.45, 2.75) is 244 Å². The summed E-state index contributed by atoms with van der Waals surface area (Å²) in [4.78, 5) is 61.4. The first-order valence-corrected chi connectivity index (χ1v) is 42.3. The monoisotopic (exact) mass is 1670 g/mol. The molecule has 7 aliphatic rings. The van der Waals surface area contributed by atoms with Crippen LogP contribution in [0.4, 0.5) is 26.7 Å². The van der Waals surface area contributed by atoms with E-state index in [1.807, 2.05) is 97.9 Å². The molecule has 3 aromatic heterocycles. The Morgan fingerprint density at radius 2 is 0.873 bits per heavy atom. The van der Waals surface area contributed by atoms with Gasteiger partial charge in [0, 0.05) is 93.7 Å². The second-order valence-electron chi connectivity index (χ2n) is 31.4. The first kappa shape index (κ1) is 91.3. The summed E-state index contributed by atoms with van der Waals surface area (Å²) in [5.74, 6) is -0.482.